The quantitative estimate of drug-likeness (QED) is 0.622. The van der Waals surface area contributed by atoms with Crippen LogP contribution in [0.3, 0.4) is 0 Å². The molecule has 0 aliphatic carbocycles. The van der Waals surface area contributed by atoms with Crippen molar-refractivity contribution in [2.24, 2.45) is 0 Å². The van der Waals surface area contributed by atoms with Gasteiger partial charge in [-0.3, -0.25) is 0 Å². The lowest BCUT2D eigenvalue weighted by Gasteiger charge is -1.85. The molecular formula is C6H7ClOS. The molecule has 9 heavy (non-hydrogen) atoms. The van der Waals surface area contributed by atoms with Crippen LogP contribution in [0.1, 0.15) is 9.75 Å². The minimum absolute atomic E-state index is 0.235. The molecule has 0 radical (unpaired) electrons. The molecular weight excluding hydrogens is 156 g/mol. The molecule has 50 valence electrons. The highest BCUT2D eigenvalue weighted by atomic mass is 35.5. The van der Waals surface area contributed by atoms with E-state index < -0.39 is 0 Å². The summed E-state index contributed by atoms with van der Waals surface area (Å²) in [7, 11) is 0. The highest BCUT2D eigenvalue weighted by molar-refractivity contribution is 7.12. The van der Waals surface area contributed by atoms with Gasteiger partial charge in [-0.1, -0.05) is 11.6 Å². The van der Waals surface area contributed by atoms with Gasteiger partial charge in [-0.05, 0) is 13.8 Å². The normalized spacial score (nSPS) is 10.1. The van der Waals surface area contributed by atoms with E-state index in [4.69, 9.17) is 16.7 Å². The third kappa shape index (κ3) is 1.05. The van der Waals surface area contributed by atoms with Gasteiger partial charge in [0.25, 0.3) is 0 Å². The zero-order chi connectivity index (χ0) is 7.02. The van der Waals surface area contributed by atoms with Crippen molar-refractivity contribution in [3.05, 3.63) is 14.8 Å². The van der Waals surface area contributed by atoms with Crippen LogP contribution in [0.2, 0.25) is 5.02 Å². The second-order valence-electron chi connectivity index (χ2n) is 1.88. The molecule has 1 aromatic heterocycles. The first-order valence-corrected chi connectivity index (χ1v) is 3.77. The Morgan fingerprint density at radius 2 is 1.89 bits per heavy atom. The SMILES string of the molecule is Cc1sc(C)c(Cl)c1O. The van der Waals surface area contributed by atoms with Crippen molar-refractivity contribution < 1.29 is 5.11 Å². The summed E-state index contributed by atoms with van der Waals surface area (Å²) in [4.78, 5) is 1.86. The zero-order valence-electron chi connectivity index (χ0n) is 5.23. The predicted octanol–water partition coefficient (Wildman–Crippen LogP) is 2.72. The van der Waals surface area contributed by atoms with Crippen molar-refractivity contribution in [3.8, 4) is 5.75 Å². The average Bonchev–Trinajstić information content (AvgIpc) is 1.98. The Hall–Kier alpha value is -0.210. The van der Waals surface area contributed by atoms with E-state index in [-0.39, 0.29) is 5.75 Å². The summed E-state index contributed by atoms with van der Waals surface area (Å²) >= 11 is 7.17. The number of hydrogen-bond acceptors (Lipinski definition) is 2. The molecule has 1 heterocycles. The molecule has 0 unspecified atom stereocenters. The van der Waals surface area contributed by atoms with Crippen molar-refractivity contribution >= 4 is 22.9 Å². The number of rotatable bonds is 0. The van der Waals surface area contributed by atoms with E-state index in [0.717, 1.165) is 9.75 Å². The molecule has 0 bridgehead atoms. The van der Waals surface area contributed by atoms with Crippen molar-refractivity contribution in [2.45, 2.75) is 13.8 Å². The maximum Gasteiger partial charge on any atom is 0.148 e. The van der Waals surface area contributed by atoms with E-state index in [9.17, 15) is 0 Å². The Balaban J connectivity index is 3.29. The van der Waals surface area contributed by atoms with Crippen LogP contribution in [-0.4, -0.2) is 5.11 Å². The molecule has 0 aliphatic rings. The molecule has 0 fully saturated rings. The summed E-state index contributed by atoms with van der Waals surface area (Å²) in [6.45, 7) is 3.73. The largest absolute Gasteiger partial charge is 0.505 e. The van der Waals surface area contributed by atoms with Crippen LogP contribution in [0.25, 0.3) is 0 Å². The first-order valence-electron chi connectivity index (χ1n) is 2.57. The van der Waals surface area contributed by atoms with Gasteiger partial charge in [0.1, 0.15) is 5.75 Å². The van der Waals surface area contributed by atoms with E-state index in [1.807, 2.05) is 13.8 Å². The predicted molar refractivity (Wildman–Crippen MR) is 40.5 cm³/mol. The Bertz CT molecular complexity index is 207. The van der Waals surface area contributed by atoms with Crippen molar-refractivity contribution in [1.82, 2.24) is 0 Å². The molecule has 3 heteroatoms. The molecule has 0 spiro atoms. The van der Waals surface area contributed by atoms with Gasteiger partial charge in [-0.2, -0.15) is 0 Å². The third-order valence-corrected chi connectivity index (χ3v) is 2.74. The fourth-order valence-corrected chi connectivity index (χ4v) is 1.80. The molecule has 0 aliphatic heterocycles. The summed E-state index contributed by atoms with van der Waals surface area (Å²) < 4.78 is 0. The second kappa shape index (κ2) is 2.20. The zero-order valence-corrected chi connectivity index (χ0v) is 6.81. The lowest BCUT2D eigenvalue weighted by molar-refractivity contribution is 0.474. The minimum Gasteiger partial charge on any atom is -0.505 e. The van der Waals surface area contributed by atoms with Gasteiger partial charge in [0.05, 0.1) is 5.02 Å². The summed E-state index contributed by atoms with van der Waals surface area (Å²) in [5.41, 5.74) is 0. The average molecular weight is 163 g/mol. The molecule has 0 aromatic carbocycles. The number of thiophene rings is 1. The molecule has 1 N–H and O–H groups in total. The van der Waals surface area contributed by atoms with Gasteiger partial charge < -0.3 is 5.11 Å². The topological polar surface area (TPSA) is 20.2 Å². The number of aryl methyl sites for hydroxylation is 2. The molecule has 0 saturated carbocycles. The first-order chi connectivity index (χ1) is 4.13. The third-order valence-electron chi connectivity index (χ3n) is 1.16. The molecule has 0 amide bonds. The van der Waals surface area contributed by atoms with Crippen LogP contribution in [0.5, 0.6) is 5.75 Å². The van der Waals surface area contributed by atoms with Crippen molar-refractivity contribution in [2.75, 3.05) is 0 Å². The van der Waals surface area contributed by atoms with E-state index in [0.29, 0.717) is 5.02 Å². The van der Waals surface area contributed by atoms with Gasteiger partial charge in [0, 0.05) is 9.75 Å². The summed E-state index contributed by atoms with van der Waals surface area (Å²) in [6, 6.07) is 0. The fourth-order valence-electron chi connectivity index (χ4n) is 0.644. The van der Waals surface area contributed by atoms with Gasteiger partial charge in [0.2, 0.25) is 0 Å². The standard InChI is InChI=1S/C6H7ClOS/c1-3-5(7)6(8)4(2)9-3/h8H,1-2H3. The highest BCUT2D eigenvalue weighted by Gasteiger charge is 2.07. The first kappa shape index (κ1) is 6.90. The minimum atomic E-state index is 0.235. The summed E-state index contributed by atoms with van der Waals surface area (Å²) in [6.07, 6.45) is 0. The van der Waals surface area contributed by atoms with Crippen LogP contribution in [0, 0.1) is 13.8 Å². The second-order valence-corrected chi connectivity index (χ2v) is 3.68. The maximum absolute atomic E-state index is 9.11. The van der Waals surface area contributed by atoms with E-state index in [1.54, 1.807) is 0 Å². The fraction of sp³-hybridized carbons (Fsp3) is 0.333. The lowest BCUT2D eigenvalue weighted by atomic mass is 10.4. The van der Waals surface area contributed by atoms with Crippen LogP contribution < -0.4 is 0 Å². The number of halogens is 1. The van der Waals surface area contributed by atoms with E-state index >= 15 is 0 Å². The maximum atomic E-state index is 9.11. The monoisotopic (exact) mass is 162 g/mol. The van der Waals surface area contributed by atoms with E-state index in [1.165, 1.54) is 11.3 Å². The highest BCUT2D eigenvalue weighted by Crippen LogP contribution is 2.36. The van der Waals surface area contributed by atoms with Gasteiger partial charge in [0.15, 0.2) is 0 Å². The Morgan fingerprint density at radius 3 is 2.00 bits per heavy atom. The number of hydrogen-bond donors (Lipinski definition) is 1. The summed E-state index contributed by atoms with van der Waals surface area (Å²) in [5, 5.41) is 9.60. The molecule has 1 rings (SSSR count). The van der Waals surface area contributed by atoms with Crippen molar-refractivity contribution in [3.63, 3.8) is 0 Å². The smallest absolute Gasteiger partial charge is 0.148 e. The molecule has 1 nitrogen and oxygen atoms in total. The van der Waals surface area contributed by atoms with Crippen LogP contribution in [0.15, 0.2) is 0 Å². The Kier molecular flexibility index (Phi) is 1.68. The van der Waals surface area contributed by atoms with Crippen molar-refractivity contribution in [1.29, 1.82) is 0 Å². The molecule has 0 saturated heterocycles. The van der Waals surface area contributed by atoms with Gasteiger partial charge in [-0.25, -0.2) is 0 Å². The Labute approximate surface area is 62.9 Å². The summed E-state index contributed by atoms with van der Waals surface area (Å²) in [5.74, 6) is 0.235. The molecule has 0 atom stereocenters. The van der Waals surface area contributed by atoms with Gasteiger partial charge >= 0.3 is 0 Å². The van der Waals surface area contributed by atoms with Crippen LogP contribution in [0.4, 0.5) is 0 Å². The van der Waals surface area contributed by atoms with Crippen LogP contribution >= 0.6 is 22.9 Å². The lowest BCUT2D eigenvalue weighted by Crippen LogP contribution is -1.60. The van der Waals surface area contributed by atoms with E-state index in [2.05, 4.69) is 0 Å². The Morgan fingerprint density at radius 1 is 1.33 bits per heavy atom. The molecule has 1 aromatic rings. The van der Waals surface area contributed by atoms with Crippen LogP contribution in [-0.2, 0) is 0 Å². The van der Waals surface area contributed by atoms with Gasteiger partial charge in [-0.15, -0.1) is 11.3 Å². The number of aromatic hydroxyl groups is 1.